The number of urea groups is 1. The zero-order chi connectivity index (χ0) is 15.6. The molecule has 3 fully saturated rings. The van der Waals surface area contributed by atoms with Crippen molar-refractivity contribution in [2.75, 3.05) is 57.4 Å². The van der Waals surface area contributed by atoms with Gasteiger partial charge in [0.1, 0.15) is 12.1 Å². The Hall–Kier alpha value is -1.89. The van der Waals surface area contributed by atoms with Crippen LogP contribution in [-0.4, -0.2) is 78.3 Å². The van der Waals surface area contributed by atoms with E-state index >= 15 is 0 Å². The van der Waals surface area contributed by atoms with E-state index in [2.05, 4.69) is 20.9 Å². The molecule has 124 valence electrons. The van der Waals surface area contributed by atoms with Crippen molar-refractivity contribution < 1.29 is 9.53 Å². The first-order valence-electron chi connectivity index (χ1n) is 8.50. The fraction of sp³-hybridized carbons (Fsp3) is 0.688. The van der Waals surface area contributed by atoms with Crippen LogP contribution in [-0.2, 0) is 4.74 Å². The van der Waals surface area contributed by atoms with Crippen LogP contribution in [0.5, 0.6) is 0 Å². The quantitative estimate of drug-likeness (QED) is 0.812. The summed E-state index contributed by atoms with van der Waals surface area (Å²) in [6, 6.07) is 2.27. The molecule has 3 aliphatic rings. The van der Waals surface area contributed by atoms with Crippen LogP contribution >= 0.6 is 0 Å². The number of carbonyl (C=O) groups excluding carboxylic acids is 1. The van der Waals surface area contributed by atoms with E-state index in [4.69, 9.17) is 4.74 Å². The van der Waals surface area contributed by atoms with Crippen molar-refractivity contribution in [2.45, 2.75) is 18.8 Å². The lowest BCUT2D eigenvalue weighted by atomic mass is 10.2. The van der Waals surface area contributed by atoms with E-state index in [1.807, 2.05) is 9.80 Å². The molecule has 0 spiro atoms. The Bertz CT molecular complexity index is 563. The highest BCUT2D eigenvalue weighted by molar-refractivity contribution is 5.75. The lowest BCUT2D eigenvalue weighted by Gasteiger charge is -2.38. The molecule has 0 bridgehead atoms. The Morgan fingerprint density at radius 3 is 2.39 bits per heavy atom. The second kappa shape index (κ2) is 6.31. The largest absolute Gasteiger partial charge is 0.378 e. The van der Waals surface area contributed by atoms with Gasteiger partial charge in [0.2, 0.25) is 0 Å². The molecule has 23 heavy (non-hydrogen) atoms. The van der Waals surface area contributed by atoms with Crippen molar-refractivity contribution in [3.63, 3.8) is 0 Å². The average Bonchev–Trinajstić information content (AvgIpc) is 3.47. The van der Waals surface area contributed by atoms with Crippen molar-refractivity contribution in [2.24, 2.45) is 0 Å². The summed E-state index contributed by atoms with van der Waals surface area (Å²) in [5, 5.41) is 0. The molecule has 4 rings (SSSR count). The van der Waals surface area contributed by atoms with E-state index in [-0.39, 0.29) is 6.03 Å². The van der Waals surface area contributed by atoms with Crippen LogP contribution < -0.4 is 4.90 Å². The van der Waals surface area contributed by atoms with Crippen LogP contribution in [0.2, 0.25) is 0 Å². The molecule has 0 radical (unpaired) electrons. The Morgan fingerprint density at radius 2 is 1.70 bits per heavy atom. The summed E-state index contributed by atoms with van der Waals surface area (Å²) in [6.45, 7) is 5.87. The number of anilines is 1. The summed E-state index contributed by atoms with van der Waals surface area (Å²) in [5.74, 6) is 1.64. The highest BCUT2D eigenvalue weighted by atomic mass is 16.5. The average molecular weight is 317 g/mol. The van der Waals surface area contributed by atoms with Crippen LogP contribution in [0.1, 0.15) is 24.5 Å². The van der Waals surface area contributed by atoms with E-state index in [1.165, 1.54) is 18.5 Å². The van der Waals surface area contributed by atoms with Crippen molar-refractivity contribution in [1.29, 1.82) is 0 Å². The summed E-state index contributed by atoms with van der Waals surface area (Å²) < 4.78 is 5.31. The predicted molar refractivity (Wildman–Crippen MR) is 85.6 cm³/mol. The third-order valence-electron chi connectivity index (χ3n) is 4.83. The van der Waals surface area contributed by atoms with Gasteiger partial charge in [0.05, 0.1) is 13.2 Å². The van der Waals surface area contributed by atoms with Crippen molar-refractivity contribution in [3.8, 4) is 0 Å². The SMILES string of the molecule is O=C(N1CCOCC1)N1CCN(c2cc(C3CC3)ncn2)CC1. The van der Waals surface area contributed by atoms with Gasteiger partial charge in [0, 0.05) is 56.9 Å². The number of aromatic nitrogens is 2. The maximum Gasteiger partial charge on any atom is 0.320 e. The first-order valence-corrected chi connectivity index (χ1v) is 8.50. The topological polar surface area (TPSA) is 61.8 Å². The van der Waals surface area contributed by atoms with Crippen molar-refractivity contribution in [3.05, 3.63) is 18.1 Å². The minimum Gasteiger partial charge on any atom is -0.378 e. The van der Waals surface area contributed by atoms with Gasteiger partial charge in [-0.05, 0) is 12.8 Å². The molecule has 1 aromatic rings. The Labute approximate surface area is 136 Å². The van der Waals surface area contributed by atoms with Gasteiger partial charge in [-0.2, -0.15) is 0 Å². The number of amides is 2. The Balaban J connectivity index is 1.35. The lowest BCUT2D eigenvalue weighted by Crippen LogP contribution is -2.55. The van der Waals surface area contributed by atoms with Crippen LogP contribution in [0.25, 0.3) is 0 Å². The van der Waals surface area contributed by atoms with Gasteiger partial charge in [0.25, 0.3) is 0 Å². The van der Waals surface area contributed by atoms with Gasteiger partial charge in [-0.25, -0.2) is 14.8 Å². The van der Waals surface area contributed by atoms with Gasteiger partial charge in [-0.1, -0.05) is 0 Å². The fourth-order valence-corrected chi connectivity index (χ4v) is 3.22. The number of hydrogen-bond acceptors (Lipinski definition) is 5. The highest BCUT2D eigenvalue weighted by Crippen LogP contribution is 2.39. The smallest absolute Gasteiger partial charge is 0.320 e. The summed E-state index contributed by atoms with van der Waals surface area (Å²) in [5.41, 5.74) is 1.17. The zero-order valence-corrected chi connectivity index (χ0v) is 13.4. The fourth-order valence-electron chi connectivity index (χ4n) is 3.22. The standard InChI is InChI=1S/C16H23N5O2/c22-16(21-7-9-23-10-8-21)20-5-3-19(4-6-20)15-11-14(13-1-2-13)17-12-18-15/h11-13H,1-10H2. The molecular formula is C16H23N5O2. The summed E-state index contributed by atoms with van der Waals surface area (Å²) >= 11 is 0. The Kier molecular flexibility index (Phi) is 4.03. The normalized spacial score (nSPS) is 22.3. The predicted octanol–water partition coefficient (Wildman–Crippen LogP) is 0.928. The Morgan fingerprint density at radius 1 is 1.00 bits per heavy atom. The zero-order valence-electron chi connectivity index (χ0n) is 13.4. The number of carbonyl (C=O) groups is 1. The molecule has 0 unspecified atom stereocenters. The summed E-state index contributed by atoms with van der Waals surface area (Å²) in [4.78, 5) is 27.4. The number of morpholine rings is 1. The molecule has 7 nitrogen and oxygen atoms in total. The summed E-state index contributed by atoms with van der Waals surface area (Å²) in [7, 11) is 0. The molecule has 1 aliphatic carbocycles. The second-order valence-electron chi connectivity index (χ2n) is 6.43. The number of hydrogen-bond donors (Lipinski definition) is 0. The first kappa shape index (κ1) is 14.7. The van der Waals surface area contributed by atoms with Gasteiger partial charge in [-0.15, -0.1) is 0 Å². The summed E-state index contributed by atoms with van der Waals surface area (Å²) in [6.07, 6.45) is 4.17. The van der Waals surface area contributed by atoms with Crippen molar-refractivity contribution >= 4 is 11.8 Å². The van der Waals surface area contributed by atoms with E-state index < -0.39 is 0 Å². The molecule has 0 N–H and O–H groups in total. The van der Waals surface area contributed by atoms with Crippen LogP contribution in [0.15, 0.2) is 12.4 Å². The van der Waals surface area contributed by atoms with Gasteiger partial charge in [-0.3, -0.25) is 0 Å². The number of ether oxygens (including phenoxy) is 1. The molecular weight excluding hydrogens is 294 g/mol. The van der Waals surface area contributed by atoms with E-state index in [0.717, 1.165) is 32.0 Å². The highest BCUT2D eigenvalue weighted by Gasteiger charge is 2.28. The number of nitrogens with zero attached hydrogens (tertiary/aromatic N) is 5. The van der Waals surface area contributed by atoms with Crippen LogP contribution in [0, 0.1) is 0 Å². The van der Waals surface area contributed by atoms with Gasteiger partial charge in [0.15, 0.2) is 0 Å². The minimum atomic E-state index is 0.148. The molecule has 0 aromatic carbocycles. The molecule has 7 heteroatoms. The maximum atomic E-state index is 12.5. The third-order valence-corrected chi connectivity index (χ3v) is 4.83. The molecule has 2 saturated heterocycles. The molecule has 1 saturated carbocycles. The monoisotopic (exact) mass is 317 g/mol. The molecule has 2 amide bonds. The molecule has 3 heterocycles. The minimum absolute atomic E-state index is 0.148. The maximum absolute atomic E-state index is 12.5. The van der Waals surface area contributed by atoms with E-state index in [9.17, 15) is 4.79 Å². The van der Waals surface area contributed by atoms with Gasteiger partial charge < -0.3 is 19.4 Å². The van der Waals surface area contributed by atoms with Crippen LogP contribution in [0.4, 0.5) is 10.6 Å². The van der Waals surface area contributed by atoms with E-state index in [1.54, 1.807) is 6.33 Å². The molecule has 0 atom stereocenters. The molecule has 1 aromatic heterocycles. The van der Waals surface area contributed by atoms with Crippen LogP contribution in [0.3, 0.4) is 0 Å². The van der Waals surface area contributed by atoms with Crippen molar-refractivity contribution in [1.82, 2.24) is 19.8 Å². The third kappa shape index (κ3) is 3.24. The number of rotatable bonds is 2. The molecule has 2 aliphatic heterocycles. The lowest BCUT2D eigenvalue weighted by molar-refractivity contribution is 0.0428. The first-order chi connectivity index (χ1) is 11.3. The van der Waals surface area contributed by atoms with E-state index in [0.29, 0.717) is 32.2 Å². The number of piperazine rings is 1. The van der Waals surface area contributed by atoms with Gasteiger partial charge >= 0.3 is 6.03 Å². The second-order valence-corrected chi connectivity index (χ2v) is 6.43.